The van der Waals surface area contributed by atoms with Crippen molar-refractivity contribution in [1.29, 1.82) is 0 Å². The maximum atomic E-state index is 11.9. The first-order valence-corrected chi connectivity index (χ1v) is 6.99. The van der Waals surface area contributed by atoms with E-state index in [1.807, 2.05) is 12.3 Å². The van der Waals surface area contributed by atoms with Gasteiger partial charge in [0.15, 0.2) is 0 Å². The predicted molar refractivity (Wildman–Crippen MR) is 71.0 cm³/mol. The second kappa shape index (κ2) is 5.00. The predicted octanol–water partition coefficient (Wildman–Crippen LogP) is 2.71. The third-order valence-corrected chi connectivity index (χ3v) is 3.98. The van der Waals surface area contributed by atoms with Crippen molar-refractivity contribution < 1.29 is 9.21 Å². The molecule has 1 atom stereocenters. The Morgan fingerprint density at radius 2 is 2.42 bits per heavy atom. The van der Waals surface area contributed by atoms with Crippen LogP contribution in [0.2, 0.25) is 0 Å². The highest BCUT2D eigenvalue weighted by atomic mass is 32.1. The number of nitrogens with zero attached hydrogens (tertiary/aromatic N) is 2. The second-order valence-electron chi connectivity index (χ2n) is 4.58. The third-order valence-electron chi connectivity index (χ3n) is 2.94. The van der Waals surface area contributed by atoms with Crippen molar-refractivity contribution in [2.24, 2.45) is 5.92 Å². The maximum Gasteiger partial charge on any atom is 0.323 e. The minimum absolute atomic E-state index is 0.0198. The van der Waals surface area contributed by atoms with Gasteiger partial charge in [0.05, 0.1) is 12.2 Å². The van der Waals surface area contributed by atoms with Crippen molar-refractivity contribution in [3.63, 3.8) is 0 Å². The summed E-state index contributed by atoms with van der Waals surface area (Å²) in [7, 11) is 0. The van der Waals surface area contributed by atoms with E-state index in [1.54, 1.807) is 11.3 Å². The number of hydrogen-bond donors (Lipinski definition) is 2. The number of carbonyl (C=O) groups is 1. The summed E-state index contributed by atoms with van der Waals surface area (Å²) >= 11 is 1.58. The smallest absolute Gasteiger partial charge is 0.323 e. The molecule has 1 saturated carbocycles. The summed E-state index contributed by atoms with van der Waals surface area (Å²) in [6.07, 6.45) is 5.15. The van der Waals surface area contributed by atoms with Crippen molar-refractivity contribution in [3.8, 4) is 0 Å². The van der Waals surface area contributed by atoms with E-state index >= 15 is 0 Å². The van der Waals surface area contributed by atoms with Crippen molar-refractivity contribution in [2.45, 2.75) is 25.8 Å². The zero-order valence-electron chi connectivity index (χ0n) is 10.4. The van der Waals surface area contributed by atoms with E-state index in [4.69, 9.17) is 4.42 Å². The van der Waals surface area contributed by atoms with Crippen LogP contribution in [0.1, 0.15) is 29.6 Å². The molecule has 2 aromatic heterocycles. The Balaban J connectivity index is 1.66. The summed E-state index contributed by atoms with van der Waals surface area (Å²) in [6, 6.07) is -0.136. The summed E-state index contributed by atoms with van der Waals surface area (Å²) in [5.74, 6) is 0.487. The average molecular weight is 278 g/mol. The topological polar surface area (TPSA) is 80.0 Å². The number of rotatable bonds is 4. The van der Waals surface area contributed by atoms with Gasteiger partial charge in [-0.3, -0.25) is 5.32 Å². The van der Waals surface area contributed by atoms with Crippen LogP contribution in [-0.4, -0.2) is 16.0 Å². The van der Waals surface area contributed by atoms with E-state index in [0.29, 0.717) is 5.92 Å². The number of carbonyl (C=O) groups excluding carboxylic acids is 1. The molecule has 2 aromatic rings. The van der Waals surface area contributed by atoms with Gasteiger partial charge in [-0.2, -0.15) is 0 Å². The number of aromatic nitrogens is 2. The van der Waals surface area contributed by atoms with Gasteiger partial charge < -0.3 is 9.73 Å². The lowest BCUT2D eigenvalue weighted by atomic mass is 10.2. The van der Waals surface area contributed by atoms with Crippen LogP contribution in [0.4, 0.5) is 10.8 Å². The van der Waals surface area contributed by atoms with Gasteiger partial charge in [-0.1, -0.05) is 0 Å². The van der Waals surface area contributed by atoms with Crippen LogP contribution in [0.5, 0.6) is 0 Å². The molecule has 2 N–H and O–H groups in total. The molecule has 100 valence electrons. The molecule has 0 unspecified atom stereocenters. The normalized spacial score (nSPS) is 16.1. The SMILES string of the molecule is Cc1csc([C@H](NC(=O)Nc2ncco2)C2CC2)n1. The molecular weight excluding hydrogens is 264 g/mol. The van der Waals surface area contributed by atoms with Crippen LogP contribution < -0.4 is 10.6 Å². The van der Waals surface area contributed by atoms with Crippen molar-refractivity contribution in [1.82, 2.24) is 15.3 Å². The molecule has 1 aliphatic carbocycles. The fraction of sp³-hybridized carbons (Fsp3) is 0.417. The molecule has 1 aliphatic rings. The summed E-state index contributed by atoms with van der Waals surface area (Å²) in [5, 5.41) is 8.46. The summed E-state index contributed by atoms with van der Waals surface area (Å²) < 4.78 is 4.98. The number of thiazole rings is 1. The molecule has 2 heterocycles. The molecular formula is C12H14N4O2S. The lowest BCUT2D eigenvalue weighted by molar-refractivity contribution is 0.246. The van der Waals surface area contributed by atoms with E-state index in [-0.39, 0.29) is 18.1 Å². The molecule has 19 heavy (non-hydrogen) atoms. The monoisotopic (exact) mass is 278 g/mol. The number of amides is 2. The van der Waals surface area contributed by atoms with Crippen molar-refractivity contribution >= 4 is 23.4 Å². The Kier molecular flexibility index (Phi) is 3.20. The molecule has 0 radical (unpaired) electrons. The van der Waals surface area contributed by atoms with E-state index in [0.717, 1.165) is 23.5 Å². The van der Waals surface area contributed by atoms with Gasteiger partial charge in [0.2, 0.25) is 0 Å². The quantitative estimate of drug-likeness (QED) is 0.901. The number of urea groups is 1. The summed E-state index contributed by atoms with van der Waals surface area (Å²) in [5.41, 5.74) is 0.987. The van der Waals surface area contributed by atoms with Crippen molar-refractivity contribution in [2.75, 3.05) is 5.32 Å². The van der Waals surface area contributed by atoms with Crippen LogP contribution in [0.25, 0.3) is 0 Å². The molecule has 7 heteroatoms. The highest BCUT2D eigenvalue weighted by Gasteiger charge is 2.35. The number of anilines is 1. The van der Waals surface area contributed by atoms with Crippen LogP contribution in [0, 0.1) is 12.8 Å². The Morgan fingerprint density at radius 1 is 1.58 bits per heavy atom. The van der Waals surface area contributed by atoms with Gasteiger partial charge in [-0.15, -0.1) is 11.3 Å². The summed E-state index contributed by atoms with van der Waals surface area (Å²) in [4.78, 5) is 20.2. The minimum atomic E-state index is -0.313. The fourth-order valence-corrected chi connectivity index (χ4v) is 2.82. The highest BCUT2D eigenvalue weighted by Crippen LogP contribution is 2.41. The minimum Gasteiger partial charge on any atom is -0.432 e. The first-order valence-electron chi connectivity index (χ1n) is 6.11. The van der Waals surface area contributed by atoms with Crippen LogP contribution >= 0.6 is 11.3 Å². The molecule has 1 fully saturated rings. The van der Waals surface area contributed by atoms with E-state index < -0.39 is 0 Å². The lowest BCUT2D eigenvalue weighted by Gasteiger charge is -2.15. The number of nitrogens with one attached hydrogen (secondary N) is 2. The number of aryl methyl sites for hydroxylation is 1. The van der Waals surface area contributed by atoms with Crippen molar-refractivity contribution in [3.05, 3.63) is 28.5 Å². The first-order chi connectivity index (χ1) is 9.22. The lowest BCUT2D eigenvalue weighted by Crippen LogP contribution is -2.33. The Labute approximate surface area is 114 Å². The first kappa shape index (κ1) is 12.2. The van der Waals surface area contributed by atoms with Gasteiger partial charge in [-0.05, 0) is 25.7 Å². The van der Waals surface area contributed by atoms with Crippen LogP contribution in [0.15, 0.2) is 22.3 Å². The van der Waals surface area contributed by atoms with Gasteiger partial charge >= 0.3 is 12.0 Å². The fourth-order valence-electron chi connectivity index (χ4n) is 1.89. The standard InChI is InChI=1S/C12H14N4O2S/c1-7-6-19-10(14-7)9(8-2-3-8)15-11(17)16-12-13-4-5-18-12/h4-6,8-9H,2-3H2,1H3,(H2,13,15,16,17)/t9-/m1/s1. The van der Waals surface area contributed by atoms with Gasteiger partial charge in [0.1, 0.15) is 11.3 Å². The Morgan fingerprint density at radius 3 is 3.00 bits per heavy atom. The molecule has 6 nitrogen and oxygen atoms in total. The Bertz CT molecular complexity index is 562. The maximum absolute atomic E-state index is 11.9. The van der Waals surface area contributed by atoms with E-state index in [2.05, 4.69) is 20.6 Å². The number of hydrogen-bond acceptors (Lipinski definition) is 5. The van der Waals surface area contributed by atoms with Gasteiger partial charge in [-0.25, -0.2) is 14.8 Å². The van der Waals surface area contributed by atoms with Gasteiger partial charge in [0, 0.05) is 11.1 Å². The zero-order valence-corrected chi connectivity index (χ0v) is 11.2. The zero-order chi connectivity index (χ0) is 13.2. The molecule has 2 amide bonds. The third kappa shape index (κ3) is 2.93. The largest absolute Gasteiger partial charge is 0.432 e. The highest BCUT2D eigenvalue weighted by molar-refractivity contribution is 7.09. The molecule has 0 bridgehead atoms. The molecule has 0 spiro atoms. The van der Waals surface area contributed by atoms with Gasteiger partial charge in [0.25, 0.3) is 0 Å². The van der Waals surface area contributed by atoms with Crippen LogP contribution in [-0.2, 0) is 0 Å². The van der Waals surface area contributed by atoms with E-state index in [9.17, 15) is 4.79 Å². The van der Waals surface area contributed by atoms with Crippen LogP contribution in [0.3, 0.4) is 0 Å². The van der Waals surface area contributed by atoms with E-state index in [1.165, 1.54) is 12.5 Å². The molecule has 0 aromatic carbocycles. The second-order valence-corrected chi connectivity index (χ2v) is 5.47. The molecule has 0 aliphatic heterocycles. The molecule has 0 saturated heterocycles. The number of oxazole rings is 1. The Hall–Kier alpha value is -1.89. The molecule has 3 rings (SSSR count). The average Bonchev–Trinajstić information content (AvgIpc) is 2.93. The summed E-state index contributed by atoms with van der Waals surface area (Å²) in [6.45, 7) is 1.96.